The van der Waals surface area contributed by atoms with Gasteiger partial charge in [0, 0.05) is 10.1 Å². The molecule has 0 fully saturated rings. The van der Waals surface area contributed by atoms with Gasteiger partial charge in [0.15, 0.2) is 5.75 Å². The summed E-state index contributed by atoms with van der Waals surface area (Å²) in [4.78, 5) is 13.1. The number of nitrogens with one attached hydrogen (secondary N) is 1. The van der Waals surface area contributed by atoms with Crippen molar-refractivity contribution >= 4 is 27.3 Å². The Kier molecular flexibility index (Phi) is 5.16. The molecule has 2 N–H and O–H groups in total. The first-order valence-corrected chi connectivity index (χ1v) is 8.29. The summed E-state index contributed by atoms with van der Waals surface area (Å²) in [6.45, 7) is 7.23. The van der Waals surface area contributed by atoms with Crippen molar-refractivity contribution < 1.29 is 19.4 Å². The van der Waals surface area contributed by atoms with Crippen LogP contribution < -0.4 is 14.8 Å². The van der Waals surface area contributed by atoms with Crippen molar-refractivity contribution in [2.45, 2.75) is 39.3 Å². The molecule has 0 unspecified atom stereocenters. The Balaban J connectivity index is 2.51. The lowest BCUT2D eigenvalue weighted by Gasteiger charge is -2.23. The first-order valence-electron chi connectivity index (χ1n) is 7.48. The van der Waals surface area contributed by atoms with E-state index in [0.717, 1.165) is 10.1 Å². The van der Waals surface area contributed by atoms with Crippen molar-refractivity contribution in [3.63, 3.8) is 0 Å². The zero-order valence-electron chi connectivity index (χ0n) is 14.1. The number of aliphatic hydroxyl groups excluding tert-OH is 1. The van der Waals surface area contributed by atoms with Crippen LogP contribution in [0, 0.1) is 0 Å². The van der Waals surface area contributed by atoms with Crippen LogP contribution in [-0.2, 0) is 0 Å². The number of amides is 1. The topological polar surface area (TPSA) is 67.8 Å². The van der Waals surface area contributed by atoms with Gasteiger partial charge in [0.25, 0.3) is 5.91 Å². The Morgan fingerprint density at radius 3 is 2.65 bits per heavy atom. The van der Waals surface area contributed by atoms with Crippen LogP contribution >= 0.6 is 11.3 Å². The molecule has 1 aromatic heterocycles. The lowest BCUT2D eigenvalue weighted by molar-refractivity contribution is 0.0868. The molecule has 0 bridgehead atoms. The molecule has 1 aromatic carbocycles. The SMILES string of the molecule is COc1ccc2sc(C(=O)NC(C)(C)CO)c(OC(C)C)c2c1. The Labute approximate surface area is 140 Å². The molecule has 0 radical (unpaired) electrons. The van der Waals surface area contributed by atoms with Gasteiger partial charge in [0.1, 0.15) is 10.6 Å². The van der Waals surface area contributed by atoms with Crippen LogP contribution in [-0.4, -0.2) is 36.4 Å². The highest BCUT2D eigenvalue weighted by Gasteiger charge is 2.26. The molecule has 0 atom stereocenters. The maximum Gasteiger partial charge on any atom is 0.265 e. The van der Waals surface area contributed by atoms with Crippen LogP contribution in [0.1, 0.15) is 37.4 Å². The van der Waals surface area contributed by atoms with Gasteiger partial charge in [-0.2, -0.15) is 0 Å². The fraction of sp³-hybridized carbons (Fsp3) is 0.471. The van der Waals surface area contributed by atoms with Gasteiger partial charge < -0.3 is 19.9 Å². The Hall–Kier alpha value is -1.79. The number of carbonyl (C=O) groups is 1. The van der Waals surface area contributed by atoms with Crippen molar-refractivity contribution in [1.29, 1.82) is 0 Å². The molecule has 5 nitrogen and oxygen atoms in total. The van der Waals surface area contributed by atoms with Crippen molar-refractivity contribution in [2.75, 3.05) is 13.7 Å². The number of ether oxygens (including phenoxy) is 2. The molecule has 0 saturated carbocycles. The molecule has 0 aliphatic carbocycles. The van der Waals surface area contributed by atoms with Crippen LogP contribution in [0.3, 0.4) is 0 Å². The van der Waals surface area contributed by atoms with Crippen LogP contribution in [0.4, 0.5) is 0 Å². The quantitative estimate of drug-likeness (QED) is 0.849. The predicted octanol–water partition coefficient (Wildman–Crippen LogP) is 3.20. The second-order valence-electron chi connectivity index (χ2n) is 6.29. The summed E-state index contributed by atoms with van der Waals surface area (Å²) in [6, 6.07) is 5.65. The molecule has 6 heteroatoms. The summed E-state index contributed by atoms with van der Waals surface area (Å²) < 4.78 is 12.1. The molecule has 0 aliphatic heterocycles. The number of methoxy groups -OCH3 is 1. The van der Waals surface area contributed by atoms with Gasteiger partial charge in [0.2, 0.25) is 0 Å². The number of hydrogen-bond donors (Lipinski definition) is 2. The minimum atomic E-state index is -0.694. The molecular formula is C17H23NO4S. The number of hydrogen-bond acceptors (Lipinski definition) is 5. The molecule has 0 spiro atoms. The average Bonchev–Trinajstić information content (AvgIpc) is 2.84. The lowest BCUT2D eigenvalue weighted by atomic mass is 10.1. The van der Waals surface area contributed by atoms with Crippen molar-refractivity contribution in [3.8, 4) is 11.5 Å². The smallest absolute Gasteiger partial charge is 0.265 e. The zero-order valence-corrected chi connectivity index (χ0v) is 14.9. The second-order valence-corrected chi connectivity index (χ2v) is 7.34. The Morgan fingerprint density at radius 2 is 2.09 bits per heavy atom. The summed E-state index contributed by atoms with van der Waals surface area (Å²) in [6.07, 6.45) is -0.0589. The maximum absolute atomic E-state index is 12.6. The molecule has 2 aromatic rings. The van der Waals surface area contributed by atoms with E-state index in [2.05, 4.69) is 5.32 Å². The molecule has 2 rings (SSSR count). The summed E-state index contributed by atoms with van der Waals surface area (Å²) in [7, 11) is 1.61. The molecule has 1 heterocycles. The number of thiophene rings is 1. The molecule has 0 saturated heterocycles. The van der Waals surface area contributed by atoms with E-state index >= 15 is 0 Å². The highest BCUT2D eigenvalue weighted by Crippen LogP contribution is 2.40. The van der Waals surface area contributed by atoms with E-state index < -0.39 is 5.54 Å². The normalized spacial score (nSPS) is 11.8. The van der Waals surface area contributed by atoms with Gasteiger partial charge in [0.05, 0.1) is 25.4 Å². The second kappa shape index (κ2) is 6.76. The monoisotopic (exact) mass is 337 g/mol. The first-order chi connectivity index (χ1) is 10.8. The molecule has 23 heavy (non-hydrogen) atoms. The summed E-state index contributed by atoms with van der Waals surface area (Å²) in [5, 5.41) is 13.0. The fourth-order valence-electron chi connectivity index (χ4n) is 2.09. The van der Waals surface area contributed by atoms with E-state index in [1.54, 1.807) is 21.0 Å². The van der Waals surface area contributed by atoms with E-state index in [4.69, 9.17) is 9.47 Å². The number of fused-ring (bicyclic) bond motifs is 1. The van der Waals surface area contributed by atoms with Gasteiger partial charge in [-0.1, -0.05) is 0 Å². The van der Waals surface area contributed by atoms with Crippen LogP contribution in [0.15, 0.2) is 18.2 Å². The largest absolute Gasteiger partial charge is 0.497 e. The molecule has 1 amide bonds. The van der Waals surface area contributed by atoms with E-state index in [0.29, 0.717) is 16.4 Å². The molecular weight excluding hydrogens is 314 g/mol. The predicted molar refractivity (Wildman–Crippen MR) is 92.8 cm³/mol. The summed E-state index contributed by atoms with van der Waals surface area (Å²) in [5.74, 6) is 1.02. The zero-order chi connectivity index (χ0) is 17.2. The van der Waals surface area contributed by atoms with Crippen molar-refractivity contribution in [2.24, 2.45) is 0 Å². The van der Waals surface area contributed by atoms with Gasteiger partial charge in [-0.25, -0.2) is 0 Å². The Bertz CT molecular complexity index is 706. The number of rotatable bonds is 6. The van der Waals surface area contributed by atoms with Gasteiger partial charge in [-0.15, -0.1) is 11.3 Å². The van der Waals surface area contributed by atoms with E-state index in [1.807, 2.05) is 32.0 Å². The average molecular weight is 337 g/mol. The third-order valence-electron chi connectivity index (χ3n) is 3.26. The van der Waals surface area contributed by atoms with Crippen LogP contribution in [0.25, 0.3) is 10.1 Å². The third kappa shape index (κ3) is 3.95. The summed E-state index contributed by atoms with van der Waals surface area (Å²) >= 11 is 1.37. The van der Waals surface area contributed by atoms with Gasteiger partial charge >= 0.3 is 0 Å². The van der Waals surface area contributed by atoms with Crippen LogP contribution in [0.5, 0.6) is 11.5 Å². The number of carbonyl (C=O) groups excluding carboxylic acids is 1. The third-order valence-corrected chi connectivity index (χ3v) is 4.41. The highest BCUT2D eigenvalue weighted by molar-refractivity contribution is 7.21. The summed E-state index contributed by atoms with van der Waals surface area (Å²) in [5.41, 5.74) is -0.694. The van der Waals surface area contributed by atoms with E-state index in [1.165, 1.54) is 11.3 Å². The fourth-order valence-corrected chi connectivity index (χ4v) is 3.10. The molecule has 126 valence electrons. The number of aliphatic hydroxyl groups is 1. The van der Waals surface area contributed by atoms with Crippen molar-refractivity contribution in [3.05, 3.63) is 23.1 Å². The van der Waals surface area contributed by atoms with Crippen molar-refractivity contribution in [1.82, 2.24) is 5.32 Å². The van der Waals surface area contributed by atoms with E-state index in [9.17, 15) is 9.90 Å². The first kappa shape index (κ1) is 17.6. The van der Waals surface area contributed by atoms with E-state index in [-0.39, 0.29) is 18.6 Å². The minimum absolute atomic E-state index is 0.0589. The minimum Gasteiger partial charge on any atom is -0.497 e. The maximum atomic E-state index is 12.6. The molecule has 0 aliphatic rings. The highest BCUT2D eigenvalue weighted by atomic mass is 32.1. The number of benzene rings is 1. The van der Waals surface area contributed by atoms with Gasteiger partial charge in [-0.05, 0) is 45.9 Å². The lowest BCUT2D eigenvalue weighted by Crippen LogP contribution is -2.46. The van der Waals surface area contributed by atoms with Crippen LogP contribution in [0.2, 0.25) is 0 Å². The Morgan fingerprint density at radius 1 is 1.39 bits per heavy atom. The van der Waals surface area contributed by atoms with Gasteiger partial charge in [-0.3, -0.25) is 4.79 Å². The standard InChI is InChI=1S/C17H23NO4S/c1-10(2)22-14-12-8-11(21-5)6-7-13(12)23-15(14)16(20)18-17(3,4)9-19/h6-8,10,19H,9H2,1-5H3,(H,18,20).